The Morgan fingerprint density at radius 1 is 1.28 bits per heavy atom. The second-order valence-electron chi connectivity index (χ2n) is 6.52. The summed E-state index contributed by atoms with van der Waals surface area (Å²) in [5, 5.41) is 8.30. The predicted octanol–water partition coefficient (Wildman–Crippen LogP) is 1.61. The largest absolute Gasteiger partial charge is 0.480 e. The van der Waals surface area contributed by atoms with Gasteiger partial charge in [-0.15, -0.1) is 0 Å². The average molecular weight is 278 g/mol. The molecule has 1 heterocycles. The Balaban J connectivity index is 3.27. The maximum atomic E-state index is 12.5. The first-order valence-electron chi connectivity index (χ1n) is 5.91. The lowest BCUT2D eigenvalue weighted by molar-refractivity contribution is -0.139. The van der Waals surface area contributed by atoms with Crippen LogP contribution in [-0.2, 0) is 19.4 Å². The van der Waals surface area contributed by atoms with Gasteiger partial charge in [0, 0.05) is 0 Å². The summed E-state index contributed by atoms with van der Waals surface area (Å²) in [5.74, 6) is -1.33. The fourth-order valence-electron chi connectivity index (χ4n) is 2.47. The molecule has 1 saturated heterocycles. The van der Waals surface area contributed by atoms with E-state index in [1.54, 1.807) is 13.8 Å². The molecule has 1 rings (SSSR count). The zero-order valence-electron chi connectivity index (χ0n) is 11.8. The zero-order chi connectivity index (χ0) is 14.6. The maximum absolute atomic E-state index is 12.5. The number of carboxylic acids is 1. The van der Waals surface area contributed by atoms with Gasteiger partial charge in [-0.25, -0.2) is 8.42 Å². The summed E-state index contributed by atoms with van der Waals surface area (Å²) in [6.07, 6.45) is 0.305. The van der Waals surface area contributed by atoms with Crippen LogP contribution in [0.4, 0.5) is 0 Å². The summed E-state index contributed by atoms with van der Waals surface area (Å²) < 4.78 is 29.0. The average Bonchev–Trinajstić information content (AvgIpc) is 2.33. The van der Waals surface area contributed by atoms with Crippen LogP contribution in [0.5, 0.6) is 0 Å². The first kappa shape index (κ1) is 15.4. The Bertz CT molecular complexity index is 459. The van der Waals surface area contributed by atoms with Crippen LogP contribution in [0.25, 0.3) is 0 Å². The van der Waals surface area contributed by atoms with Gasteiger partial charge >= 0.3 is 5.97 Å². The molecule has 6 heteroatoms. The molecule has 1 N–H and O–H groups in total. The van der Waals surface area contributed by atoms with Gasteiger partial charge < -0.3 is 9.84 Å². The molecule has 5 nitrogen and oxygen atoms in total. The number of carboxylic acid groups (broad SMARTS) is 1. The fourth-order valence-corrected chi connectivity index (χ4v) is 4.84. The number of rotatable bonds is 3. The molecular weight excluding hydrogens is 256 g/mol. The second-order valence-corrected chi connectivity index (χ2v) is 9.20. The van der Waals surface area contributed by atoms with Crippen LogP contribution in [0, 0.1) is 0 Å². The van der Waals surface area contributed by atoms with Crippen molar-refractivity contribution in [1.82, 2.24) is 0 Å². The Labute approximate surface area is 108 Å². The highest BCUT2D eigenvalue weighted by Gasteiger charge is 2.58. The summed E-state index contributed by atoms with van der Waals surface area (Å²) in [4.78, 5) is 11.2. The van der Waals surface area contributed by atoms with Gasteiger partial charge in [-0.2, -0.15) is 0 Å². The smallest absolute Gasteiger partial charge is 0.324 e. The van der Waals surface area contributed by atoms with E-state index in [0.29, 0.717) is 6.42 Å². The van der Waals surface area contributed by atoms with E-state index in [1.165, 1.54) is 13.8 Å². The highest BCUT2D eigenvalue weighted by atomic mass is 32.2. The quantitative estimate of drug-likeness (QED) is 0.848. The van der Waals surface area contributed by atoms with Crippen molar-refractivity contribution < 1.29 is 23.1 Å². The van der Waals surface area contributed by atoms with Gasteiger partial charge in [0.05, 0.1) is 16.5 Å². The van der Waals surface area contributed by atoms with Crippen LogP contribution < -0.4 is 0 Å². The molecule has 0 aromatic rings. The summed E-state index contributed by atoms with van der Waals surface area (Å²) in [7, 11) is -3.84. The number of hydrogen-bond donors (Lipinski definition) is 1. The molecule has 0 bridgehead atoms. The summed E-state index contributed by atoms with van der Waals surface area (Å²) >= 11 is 0. The minimum atomic E-state index is -3.84. The molecule has 0 amide bonds. The van der Waals surface area contributed by atoms with Crippen LogP contribution in [0.1, 0.15) is 48.0 Å². The number of sulfone groups is 1. The molecule has 0 aromatic carbocycles. The van der Waals surface area contributed by atoms with Gasteiger partial charge in [-0.3, -0.25) is 4.79 Å². The van der Waals surface area contributed by atoms with E-state index in [1.807, 2.05) is 13.8 Å². The molecule has 18 heavy (non-hydrogen) atoms. The van der Waals surface area contributed by atoms with Gasteiger partial charge in [0.15, 0.2) is 14.6 Å². The Kier molecular flexibility index (Phi) is 3.37. The summed E-state index contributed by atoms with van der Waals surface area (Å²) in [5.41, 5.74) is -1.44. The van der Waals surface area contributed by atoms with Crippen molar-refractivity contribution in [3.63, 3.8) is 0 Å². The number of hydrogen-bond acceptors (Lipinski definition) is 4. The number of carbonyl (C=O) groups is 1. The molecular formula is C12H22O5S. The third-order valence-corrected chi connectivity index (χ3v) is 6.67. The highest BCUT2D eigenvalue weighted by Crippen LogP contribution is 2.44. The summed E-state index contributed by atoms with van der Waals surface area (Å²) in [6.45, 7) is 9.48. The molecule has 0 aromatic heterocycles. The van der Waals surface area contributed by atoms with Crippen molar-refractivity contribution in [2.45, 2.75) is 69.2 Å². The van der Waals surface area contributed by atoms with Gasteiger partial charge in [-0.05, 0) is 48.0 Å². The van der Waals surface area contributed by atoms with Crippen LogP contribution in [0.2, 0.25) is 0 Å². The van der Waals surface area contributed by atoms with E-state index in [-0.39, 0.29) is 0 Å². The second kappa shape index (κ2) is 3.93. The molecule has 0 radical (unpaired) electrons. The molecule has 1 aliphatic heterocycles. The van der Waals surface area contributed by atoms with Crippen LogP contribution in [0.3, 0.4) is 0 Å². The molecule has 1 fully saturated rings. The van der Waals surface area contributed by atoms with E-state index >= 15 is 0 Å². The fraction of sp³-hybridized carbons (Fsp3) is 0.917. The molecule has 0 aliphatic carbocycles. The Hall–Kier alpha value is -0.620. The van der Waals surface area contributed by atoms with Crippen molar-refractivity contribution in [2.75, 3.05) is 0 Å². The van der Waals surface area contributed by atoms with Crippen molar-refractivity contribution >= 4 is 15.8 Å². The lowest BCUT2D eigenvalue weighted by Gasteiger charge is -2.31. The summed E-state index contributed by atoms with van der Waals surface area (Å²) in [6, 6.07) is 0. The van der Waals surface area contributed by atoms with E-state index in [2.05, 4.69) is 0 Å². The van der Waals surface area contributed by atoms with Crippen LogP contribution >= 0.6 is 0 Å². The van der Waals surface area contributed by atoms with Crippen LogP contribution in [-0.4, -0.2) is 40.7 Å². The normalized spacial score (nSPS) is 27.1. The maximum Gasteiger partial charge on any atom is 0.324 e. The third-order valence-electron chi connectivity index (χ3n) is 3.59. The zero-order valence-corrected chi connectivity index (χ0v) is 12.6. The van der Waals surface area contributed by atoms with Crippen molar-refractivity contribution in [3.05, 3.63) is 0 Å². The van der Waals surface area contributed by atoms with Crippen LogP contribution in [0.15, 0.2) is 0 Å². The molecule has 106 valence electrons. The first-order valence-corrected chi connectivity index (χ1v) is 7.46. The van der Waals surface area contributed by atoms with E-state index in [9.17, 15) is 13.2 Å². The number of ether oxygens (including phenoxy) is 1. The molecule has 0 saturated carbocycles. The van der Waals surface area contributed by atoms with E-state index < -0.39 is 37.0 Å². The lowest BCUT2D eigenvalue weighted by atomic mass is 10.0. The van der Waals surface area contributed by atoms with Gasteiger partial charge in [0.25, 0.3) is 0 Å². The molecule has 0 spiro atoms. The van der Waals surface area contributed by atoms with Crippen molar-refractivity contribution in [1.29, 1.82) is 0 Å². The lowest BCUT2D eigenvalue weighted by Crippen LogP contribution is -2.51. The number of aliphatic carboxylic acids is 1. The van der Waals surface area contributed by atoms with Crippen molar-refractivity contribution in [3.8, 4) is 0 Å². The third kappa shape index (κ3) is 2.28. The highest BCUT2D eigenvalue weighted by molar-refractivity contribution is 7.94. The van der Waals surface area contributed by atoms with Gasteiger partial charge in [-0.1, -0.05) is 0 Å². The minimum Gasteiger partial charge on any atom is -0.480 e. The van der Waals surface area contributed by atoms with E-state index in [0.717, 1.165) is 0 Å². The standard InChI is InChI=1S/C12H22O5S/c1-10(2)7-8(11(3,4)17-10)18(15,16)12(5,6)9(13)14/h8H,7H2,1-6H3,(H,13,14). The van der Waals surface area contributed by atoms with E-state index in [4.69, 9.17) is 9.84 Å². The Morgan fingerprint density at radius 3 is 2.00 bits per heavy atom. The molecule has 1 unspecified atom stereocenters. The van der Waals surface area contributed by atoms with Crippen molar-refractivity contribution in [2.24, 2.45) is 0 Å². The van der Waals surface area contributed by atoms with Gasteiger partial charge in [0.2, 0.25) is 0 Å². The minimum absolute atomic E-state index is 0.305. The topological polar surface area (TPSA) is 80.7 Å². The van der Waals surface area contributed by atoms with Gasteiger partial charge in [0.1, 0.15) is 0 Å². The SMILES string of the molecule is CC1(C)CC(S(=O)(=O)C(C)(C)C(=O)O)C(C)(C)O1. The first-order chi connectivity index (χ1) is 7.74. The molecule has 1 atom stereocenters. The molecule has 1 aliphatic rings. The monoisotopic (exact) mass is 278 g/mol. The Morgan fingerprint density at radius 2 is 1.72 bits per heavy atom. The predicted molar refractivity (Wildman–Crippen MR) is 68.3 cm³/mol.